The molecule has 2 heterocycles. The fourth-order valence-electron chi connectivity index (χ4n) is 3.24. The highest BCUT2D eigenvalue weighted by Gasteiger charge is 2.28. The molecule has 7 nitrogen and oxygen atoms in total. The van der Waals surface area contributed by atoms with Crippen molar-refractivity contribution in [3.05, 3.63) is 29.8 Å². The first-order valence-electron chi connectivity index (χ1n) is 8.74. The molecule has 8 heteroatoms. The zero-order valence-electron chi connectivity index (χ0n) is 14.6. The molecule has 0 amide bonds. The number of hydrogen-bond donors (Lipinski definition) is 2. The van der Waals surface area contributed by atoms with Crippen LogP contribution in [0.1, 0.15) is 18.4 Å². The van der Waals surface area contributed by atoms with E-state index in [-0.39, 0.29) is 11.9 Å². The van der Waals surface area contributed by atoms with Crippen molar-refractivity contribution in [1.29, 1.82) is 0 Å². The number of aliphatic imine (C=N–C) groups is 1. The van der Waals surface area contributed by atoms with Crippen LogP contribution in [0.25, 0.3) is 0 Å². The summed E-state index contributed by atoms with van der Waals surface area (Å²) in [5.41, 5.74) is 1.90. The van der Waals surface area contributed by atoms with E-state index in [1.54, 1.807) is 7.05 Å². The summed E-state index contributed by atoms with van der Waals surface area (Å²) in [4.78, 5) is 4.13. The highest BCUT2D eigenvalue weighted by atomic mass is 32.2. The number of rotatable bonds is 6. The molecule has 1 atom stereocenters. The fraction of sp³-hybridized carbons (Fsp3) is 0.588. The van der Waals surface area contributed by atoms with Gasteiger partial charge in [0.05, 0.1) is 17.5 Å². The van der Waals surface area contributed by atoms with Crippen molar-refractivity contribution >= 4 is 21.7 Å². The standard InChI is InChI=1S/C17H26N4O3S/c1-18-17(20-13-15-6-4-11-24-15)19-9-12-25(22,23)21-10-8-14-5-2-3-7-16(14)21/h2-3,5,7,15H,4,6,8-13H2,1H3,(H2,18,19,20). The molecule has 0 radical (unpaired) electrons. The van der Waals surface area contributed by atoms with Gasteiger partial charge < -0.3 is 15.4 Å². The molecule has 1 aromatic rings. The average Bonchev–Trinajstić information content (AvgIpc) is 3.27. The highest BCUT2D eigenvalue weighted by Crippen LogP contribution is 2.29. The summed E-state index contributed by atoms with van der Waals surface area (Å²) in [6.07, 6.45) is 3.12. The topological polar surface area (TPSA) is 83.0 Å². The van der Waals surface area contributed by atoms with Crippen molar-refractivity contribution < 1.29 is 13.2 Å². The Bertz CT molecular complexity index is 714. The summed E-state index contributed by atoms with van der Waals surface area (Å²) in [5.74, 6) is 0.634. The predicted octanol–water partition coefficient (Wildman–Crippen LogP) is 0.723. The lowest BCUT2D eigenvalue weighted by molar-refractivity contribution is 0.114. The Hall–Kier alpha value is -1.80. The van der Waals surface area contributed by atoms with Crippen LogP contribution < -0.4 is 14.9 Å². The molecule has 2 N–H and O–H groups in total. The number of hydrogen-bond acceptors (Lipinski definition) is 4. The molecule has 2 aliphatic heterocycles. The van der Waals surface area contributed by atoms with Gasteiger partial charge in [-0.3, -0.25) is 9.30 Å². The van der Waals surface area contributed by atoms with Crippen molar-refractivity contribution in [2.45, 2.75) is 25.4 Å². The minimum Gasteiger partial charge on any atom is -0.376 e. The lowest BCUT2D eigenvalue weighted by Crippen LogP contribution is -2.44. The number of anilines is 1. The van der Waals surface area contributed by atoms with E-state index in [0.29, 0.717) is 25.6 Å². The van der Waals surface area contributed by atoms with Crippen LogP contribution in [0.4, 0.5) is 5.69 Å². The van der Waals surface area contributed by atoms with E-state index in [2.05, 4.69) is 15.6 Å². The molecule has 138 valence electrons. The summed E-state index contributed by atoms with van der Waals surface area (Å²) in [6, 6.07) is 7.68. The lowest BCUT2D eigenvalue weighted by atomic mass is 10.2. The van der Waals surface area contributed by atoms with E-state index in [1.165, 1.54) is 4.31 Å². The average molecular weight is 366 g/mol. The van der Waals surface area contributed by atoms with Gasteiger partial charge in [-0.05, 0) is 30.9 Å². The van der Waals surface area contributed by atoms with E-state index in [9.17, 15) is 8.42 Å². The van der Waals surface area contributed by atoms with Crippen LogP contribution in [0.2, 0.25) is 0 Å². The Kier molecular flexibility index (Phi) is 5.80. The van der Waals surface area contributed by atoms with Crippen LogP contribution >= 0.6 is 0 Å². The largest absolute Gasteiger partial charge is 0.376 e. The summed E-state index contributed by atoms with van der Waals surface area (Å²) in [5, 5.41) is 6.26. The van der Waals surface area contributed by atoms with Crippen LogP contribution in [-0.2, 0) is 21.2 Å². The SMILES string of the molecule is CN=C(NCCS(=O)(=O)N1CCc2ccccc21)NCC1CCCO1. The molecule has 3 rings (SSSR count). The monoisotopic (exact) mass is 366 g/mol. The summed E-state index contributed by atoms with van der Waals surface area (Å²) in [7, 11) is -1.67. The van der Waals surface area contributed by atoms with Gasteiger partial charge in [0, 0.05) is 33.3 Å². The van der Waals surface area contributed by atoms with E-state index < -0.39 is 10.0 Å². The third-order valence-corrected chi connectivity index (χ3v) is 6.35. The van der Waals surface area contributed by atoms with Crippen LogP contribution in [0.3, 0.4) is 0 Å². The summed E-state index contributed by atoms with van der Waals surface area (Å²) in [6.45, 7) is 2.33. The molecule has 1 fully saturated rings. The number of benzene rings is 1. The Morgan fingerprint density at radius 2 is 2.20 bits per heavy atom. The second-order valence-electron chi connectivity index (χ2n) is 6.28. The molecule has 25 heavy (non-hydrogen) atoms. The predicted molar refractivity (Wildman–Crippen MR) is 99.6 cm³/mol. The minimum atomic E-state index is -3.34. The van der Waals surface area contributed by atoms with Gasteiger partial charge in [0.1, 0.15) is 0 Å². The van der Waals surface area contributed by atoms with Crippen LogP contribution in [0, 0.1) is 0 Å². The fourth-order valence-corrected chi connectivity index (χ4v) is 4.67. The maximum absolute atomic E-state index is 12.6. The minimum absolute atomic E-state index is 0.0297. The number of nitrogens with zero attached hydrogens (tertiary/aromatic N) is 2. The molecular formula is C17H26N4O3S. The maximum Gasteiger partial charge on any atom is 0.236 e. The van der Waals surface area contributed by atoms with Crippen molar-refractivity contribution in [3.63, 3.8) is 0 Å². The van der Waals surface area contributed by atoms with Crippen LogP contribution in [0.5, 0.6) is 0 Å². The second-order valence-corrected chi connectivity index (χ2v) is 8.29. The van der Waals surface area contributed by atoms with Gasteiger partial charge >= 0.3 is 0 Å². The molecule has 0 aromatic heterocycles. The number of fused-ring (bicyclic) bond motifs is 1. The van der Waals surface area contributed by atoms with Gasteiger partial charge in [-0.15, -0.1) is 0 Å². The maximum atomic E-state index is 12.6. The molecule has 1 aromatic carbocycles. The molecule has 1 unspecified atom stereocenters. The molecule has 2 aliphatic rings. The molecule has 1 saturated heterocycles. The van der Waals surface area contributed by atoms with Crippen LogP contribution in [0.15, 0.2) is 29.3 Å². The van der Waals surface area contributed by atoms with E-state index in [1.807, 2.05) is 24.3 Å². The third kappa shape index (κ3) is 4.43. The van der Waals surface area contributed by atoms with Crippen LogP contribution in [-0.4, -0.2) is 59.5 Å². The Labute approximate surface area is 149 Å². The number of guanidine groups is 1. The first-order chi connectivity index (χ1) is 12.1. The highest BCUT2D eigenvalue weighted by molar-refractivity contribution is 7.92. The van der Waals surface area contributed by atoms with Crippen molar-refractivity contribution in [1.82, 2.24) is 10.6 Å². The quantitative estimate of drug-likeness (QED) is 0.573. The van der Waals surface area contributed by atoms with Crippen molar-refractivity contribution in [2.75, 3.05) is 43.3 Å². The zero-order valence-corrected chi connectivity index (χ0v) is 15.4. The molecular weight excluding hydrogens is 340 g/mol. The van der Waals surface area contributed by atoms with Gasteiger partial charge in [-0.25, -0.2) is 8.42 Å². The molecule has 0 bridgehead atoms. The number of nitrogens with one attached hydrogen (secondary N) is 2. The third-order valence-electron chi connectivity index (χ3n) is 4.58. The summed E-state index contributed by atoms with van der Waals surface area (Å²) >= 11 is 0. The summed E-state index contributed by atoms with van der Waals surface area (Å²) < 4.78 is 32.4. The lowest BCUT2D eigenvalue weighted by Gasteiger charge is -2.20. The van der Waals surface area contributed by atoms with Gasteiger partial charge in [-0.1, -0.05) is 18.2 Å². The molecule has 0 spiro atoms. The van der Waals surface area contributed by atoms with E-state index >= 15 is 0 Å². The Balaban J connectivity index is 1.49. The first-order valence-corrected chi connectivity index (χ1v) is 10.4. The Morgan fingerprint density at radius 1 is 1.36 bits per heavy atom. The van der Waals surface area contributed by atoms with Crippen molar-refractivity contribution in [2.24, 2.45) is 4.99 Å². The molecule has 0 saturated carbocycles. The molecule has 0 aliphatic carbocycles. The van der Waals surface area contributed by atoms with E-state index in [4.69, 9.17) is 4.74 Å². The van der Waals surface area contributed by atoms with Gasteiger partial charge in [0.2, 0.25) is 10.0 Å². The zero-order chi connectivity index (χ0) is 17.7. The number of sulfonamides is 1. The van der Waals surface area contributed by atoms with E-state index in [0.717, 1.165) is 37.1 Å². The number of ether oxygens (including phenoxy) is 1. The second kappa shape index (κ2) is 8.05. The normalized spacial score (nSPS) is 20.6. The van der Waals surface area contributed by atoms with Gasteiger partial charge in [0.15, 0.2) is 5.96 Å². The van der Waals surface area contributed by atoms with Crippen molar-refractivity contribution in [3.8, 4) is 0 Å². The van der Waals surface area contributed by atoms with Gasteiger partial charge in [0.25, 0.3) is 0 Å². The smallest absolute Gasteiger partial charge is 0.236 e. The number of para-hydroxylation sites is 1. The first kappa shape index (κ1) is 18.0. The Morgan fingerprint density at radius 3 is 2.96 bits per heavy atom. The van der Waals surface area contributed by atoms with Gasteiger partial charge in [-0.2, -0.15) is 0 Å².